The molecule has 4 aromatic rings. The minimum atomic E-state index is -1.07. The smallest absolute Gasteiger partial charge is 0.404 e. The molecule has 0 bridgehead atoms. The number of fused-ring (bicyclic) bond motifs is 2. The van der Waals surface area contributed by atoms with Crippen LogP contribution in [0, 0.1) is 11.3 Å². The molecule has 0 radical (unpaired) electrons. The molecule has 0 atom stereocenters. The van der Waals surface area contributed by atoms with Crippen molar-refractivity contribution >= 4 is 45.3 Å². The highest BCUT2D eigenvalue weighted by atomic mass is 16.4. The third-order valence-electron chi connectivity index (χ3n) is 5.50. The molecular formula is C26H22N4O3. The van der Waals surface area contributed by atoms with E-state index >= 15 is 0 Å². The zero-order valence-corrected chi connectivity index (χ0v) is 17.9. The van der Waals surface area contributed by atoms with Gasteiger partial charge in [-0.25, -0.2) is 4.79 Å². The Balaban J connectivity index is 1.68. The van der Waals surface area contributed by atoms with Crippen LogP contribution >= 0.6 is 0 Å². The largest absolute Gasteiger partial charge is 0.465 e. The van der Waals surface area contributed by atoms with Gasteiger partial charge in [-0.15, -0.1) is 0 Å². The maximum absolute atomic E-state index is 12.9. The Kier molecular flexibility index (Phi) is 6.46. The maximum atomic E-state index is 12.9. The summed E-state index contributed by atoms with van der Waals surface area (Å²) in [4.78, 5) is 27.6. The van der Waals surface area contributed by atoms with Gasteiger partial charge in [0.1, 0.15) is 0 Å². The molecular weight excluding hydrogens is 416 g/mol. The van der Waals surface area contributed by atoms with Crippen LogP contribution < -0.4 is 5.32 Å². The number of hydrogen-bond acceptors (Lipinski definition) is 4. The first-order valence-electron chi connectivity index (χ1n) is 10.6. The van der Waals surface area contributed by atoms with Crippen LogP contribution in [0.15, 0.2) is 67.1 Å². The fourth-order valence-corrected chi connectivity index (χ4v) is 3.92. The lowest BCUT2D eigenvalue weighted by Crippen LogP contribution is -2.22. The van der Waals surface area contributed by atoms with Crippen molar-refractivity contribution in [3.63, 3.8) is 0 Å². The SMILES string of the molecule is N#C/C(=C\c1cccc2cnccc12)c1cn(C(=O)CCCCNC(=O)O)c2ccccc12. The number of pyridine rings is 1. The number of amides is 1. The molecule has 4 rings (SSSR count). The summed E-state index contributed by atoms with van der Waals surface area (Å²) in [6, 6.07) is 17.6. The van der Waals surface area contributed by atoms with Crippen LogP contribution in [0.2, 0.25) is 0 Å². The van der Waals surface area contributed by atoms with Gasteiger partial charge >= 0.3 is 6.09 Å². The fourth-order valence-electron chi connectivity index (χ4n) is 3.92. The molecule has 2 N–H and O–H groups in total. The maximum Gasteiger partial charge on any atom is 0.404 e. The van der Waals surface area contributed by atoms with Crippen molar-refractivity contribution in [1.82, 2.24) is 14.9 Å². The van der Waals surface area contributed by atoms with Crippen molar-refractivity contribution in [2.45, 2.75) is 19.3 Å². The van der Waals surface area contributed by atoms with Gasteiger partial charge in [0.15, 0.2) is 0 Å². The fraction of sp³-hybridized carbons (Fsp3) is 0.154. The number of rotatable bonds is 7. The number of nitrogens with zero attached hydrogens (tertiary/aromatic N) is 3. The number of aromatic nitrogens is 2. The van der Waals surface area contributed by atoms with E-state index in [1.165, 1.54) is 0 Å². The highest BCUT2D eigenvalue weighted by Crippen LogP contribution is 2.30. The first-order chi connectivity index (χ1) is 16.1. The summed E-state index contributed by atoms with van der Waals surface area (Å²) in [5.41, 5.74) is 2.80. The van der Waals surface area contributed by atoms with E-state index in [2.05, 4.69) is 16.4 Å². The summed E-state index contributed by atoms with van der Waals surface area (Å²) in [7, 11) is 0. The molecule has 0 saturated carbocycles. The van der Waals surface area contributed by atoms with Crippen molar-refractivity contribution in [3.8, 4) is 6.07 Å². The average molecular weight is 438 g/mol. The van der Waals surface area contributed by atoms with Crippen molar-refractivity contribution in [3.05, 3.63) is 78.2 Å². The van der Waals surface area contributed by atoms with Gasteiger partial charge in [-0.1, -0.05) is 36.4 Å². The standard InChI is InChI=1S/C26H22N4O3/c27-15-20(14-18-6-5-7-19-16-28-13-11-21(18)19)23-17-30(24-9-2-1-8-22(23)24)25(31)10-3-4-12-29-26(32)33/h1-2,5-9,11,13-14,16-17,29H,3-4,10,12H2,(H,32,33)/b20-14+. The number of nitriles is 1. The van der Waals surface area contributed by atoms with E-state index in [1.54, 1.807) is 23.2 Å². The second-order valence-corrected chi connectivity index (χ2v) is 7.63. The average Bonchev–Trinajstić information content (AvgIpc) is 3.22. The van der Waals surface area contributed by atoms with E-state index < -0.39 is 6.09 Å². The lowest BCUT2D eigenvalue weighted by Gasteiger charge is -2.04. The molecule has 0 aliphatic carbocycles. The van der Waals surface area contributed by atoms with Crippen molar-refractivity contribution < 1.29 is 14.7 Å². The predicted octanol–water partition coefficient (Wildman–Crippen LogP) is 5.33. The van der Waals surface area contributed by atoms with E-state index in [9.17, 15) is 14.9 Å². The lowest BCUT2D eigenvalue weighted by atomic mass is 10.00. The van der Waals surface area contributed by atoms with Crippen LogP contribution in [0.5, 0.6) is 0 Å². The first-order valence-corrected chi connectivity index (χ1v) is 10.6. The number of para-hydroxylation sites is 1. The summed E-state index contributed by atoms with van der Waals surface area (Å²) in [5, 5.41) is 23.7. The molecule has 164 valence electrons. The van der Waals surface area contributed by atoms with E-state index in [4.69, 9.17) is 5.11 Å². The second kappa shape index (κ2) is 9.79. The highest BCUT2D eigenvalue weighted by molar-refractivity contribution is 6.06. The monoisotopic (exact) mass is 438 g/mol. The molecule has 2 aromatic heterocycles. The summed E-state index contributed by atoms with van der Waals surface area (Å²) < 4.78 is 1.59. The summed E-state index contributed by atoms with van der Waals surface area (Å²) in [6.07, 6.45) is 7.43. The third-order valence-corrected chi connectivity index (χ3v) is 5.50. The van der Waals surface area contributed by atoms with Crippen LogP contribution in [0.1, 0.15) is 35.2 Å². The Labute approximate surface area is 190 Å². The number of carbonyl (C=O) groups is 2. The number of hydrogen-bond donors (Lipinski definition) is 2. The Morgan fingerprint density at radius 2 is 1.94 bits per heavy atom. The van der Waals surface area contributed by atoms with Gasteiger partial charge in [-0.2, -0.15) is 5.26 Å². The minimum absolute atomic E-state index is 0.0960. The molecule has 7 heteroatoms. The Morgan fingerprint density at radius 1 is 1.09 bits per heavy atom. The number of carbonyl (C=O) groups excluding carboxylic acids is 1. The van der Waals surface area contributed by atoms with Crippen molar-refractivity contribution in [2.24, 2.45) is 0 Å². The topological polar surface area (TPSA) is 108 Å². The quantitative estimate of drug-likeness (QED) is 0.299. The van der Waals surface area contributed by atoms with Crippen LogP contribution in [-0.4, -0.2) is 33.2 Å². The molecule has 0 saturated heterocycles. The van der Waals surface area contributed by atoms with Gasteiger partial charge in [0.25, 0.3) is 0 Å². The number of allylic oxidation sites excluding steroid dienone is 1. The molecule has 0 aliphatic heterocycles. The minimum Gasteiger partial charge on any atom is -0.465 e. The Hall–Kier alpha value is -4.44. The Bertz CT molecular complexity index is 1410. The molecule has 2 aromatic carbocycles. The van der Waals surface area contributed by atoms with Gasteiger partial charge < -0.3 is 10.4 Å². The highest BCUT2D eigenvalue weighted by Gasteiger charge is 2.16. The first kappa shape index (κ1) is 21.8. The number of nitrogens with one attached hydrogen (secondary N) is 1. The molecule has 0 aliphatic rings. The normalized spacial score (nSPS) is 11.4. The predicted molar refractivity (Wildman–Crippen MR) is 128 cm³/mol. The van der Waals surface area contributed by atoms with Gasteiger partial charge in [0.2, 0.25) is 5.91 Å². The van der Waals surface area contributed by atoms with Crippen molar-refractivity contribution in [1.29, 1.82) is 5.26 Å². The van der Waals surface area contributed by atoms with Crippen LogP contribution in [0.4, 0.5) is 4.79 Å². The second-order valence-electron chi connectivity index (χ2n) is 7.63. The number of benzene rings is 2. The zero-order valence-electron chi connectivity index (χ0n) is 17.9. The van der Waals surface area contributed by atoms with E-state index in [1.807, 2.05) is 54.6 Å². The molecule has 0 spiro atoms. The van der Waals surface area contributed by atoms with Gasteiger partial charge in [-0.3, -0.25) is 14.3 Å². The van der Waals surface area contributed by atoms with Crippen LogP contribution in [-0.2, 0) is 0 Å². The molecule has 0 unspecified atom stereocenters. The lowest BCUT2D eigenvalue weighted by molar-refractivity contribution is 0.0904. The molecule has 2 heterocycles. The van der Waals surface area contributed by atoms with Gasteiger partial charge in [0, 0.05) is 47.9 Å². The van der Waals surface area contributed by atoms with Crippen molar-refractivity contribution in [2.75, 3.05) is 6.54 Å². The molecule has 7 nitrogen and oxygen atoms in total. The summed E-state index contributed by atoms with van der Waals surface area (Å²) >= 11 is 0. The van der Waals surface area contributed by atoms with E-state index in [0.717, 1.165) is 27.2 Å². The van der Waals surface area contributed by atoms with Crippen LogP contribution in [0.25, 0.3) is 33.3 Å². The molecule has 0 fully saturated rings. The zero-order chi connectivity index (χ0) is 23.2. The van der Waals surface area contributed by atoms with Gasteiger partial charge in [-0.05, 0) is 42.0 Å². The number of unbranched alkanes of at least 4 members (excludes halogenated alkanes) is 1. The van der Waals surface area contributed by atoms with Crippen LogP contribution in [0.3, 0.4) is 0 Å². The van der Waals surface area contributed by atoms with Gasteiger partial charge in [0.05, 0.1) is 17.2 Å². The molecule has 1 amide bonds. The Morgan fingerprint density at radius 3 is 2.76 bits per heavy atom. The number of carboxylic acid groups (broad SMARTS) is 1. The van der Waals surface area contributed by atoms with E-state index in [0.29, 0.717) is 30.5 Å². The molecule has 33 heavy (non-hydrogen) atoms. The summed E-state index contributed by atoms with van der Waals surface area (Å²) in [6.45, 7) is 0.308. The summed E-state index contributed by atoms with van der Waals surface area (Å²) in [5.74, 6) is -0.0960. The third kappa shape index (κ3) is 4.75. The van der Waals surface area contributed by atoms with E-state index in [-0.39, 0.29) is 12.3 Å².